The molecule has 3 heterocycles. The van der Waals surface area contributed by atoms with Gasteiger partial charge in [-0.1, -0.05) is 6.07 Å². The number of fused-ring (bicyclic) bond motifs is 1. The Kier molecular flexibility index (Phi) is 6.17. The Labute approximate surface area is 189 Å². The fourth-order valence-corrected chi connectivity index (χ4v) is 4.63. The number of aromatic nitrogens is 2. The highest BCUT2D eigenvalue weighted by molar-refractivity contribution is 6.01. The lowest BCUT2D eigenvalue weighted by atomic mass is 9.81. The van der Waals surface area contributed by atoms with Crippen molar-refractivity contribution in [1.82, 2.24) is 14.9 Å². The third kappa shape index (κ3) is 4.61. The number of anilines is 1. The average Bonchev–Trinajstić information content (AvgIpc) is 2.74. The van der Waals surface area contributed by atoms with Crippen LogP contribution in [0.5, 0.6) is 5.75 Å². The first-order valence-corrected chi connectivity index (χ1v) is 11.4. The van der Waals surface area contributed by atoms with Gasteiger partial charge < -0.3 is 15.0 Å². The minimum absolute atomic E-state index is 0.147. The molecule has 0 radical (unpaired) electrons. The van der Waals surface area contributed by atoms with Crippen LogP contribution < -0.4 is 10.1 Å². The van der Waals surface area contributed by atoms with E-state index in [9.17, 15) is 9.59 Å². The van der Waals surface area contributed by atoms with E-state index in [-0.39, 0.29) is 11.7 Å². The van der Waals surface area contributed by atoms with Crippen molar-refractivity contribution >= 4 is 17.6 Å². The zero-order valence-corrected chi connectivity index (χ0v) is 19.5. The quantitative estimate of drug-likeness (QED) is 0.715. The molecule has 7 heteroatoms. The van der Waals surface area contributed by atoms with Crippen molar-refractivity contribution in [2.75, 3.05) is 25.0 Å². The second-order valence-corrected chi connectivity index (χ2v) is 9.15. The summed E-state index contributed by atoms with van der Waals surface area (Å²) >= 11 is 0. The van der Waals surface area contributed by atoms with Gasteiger partial charge in [0.15, 0.2) is 5.78 Å². The van der Waals surface area contributed by atoms with Gasteiger partial charge in [-0.25, -0.2) is 9.97 Å². The van der Waals surface area contributed by atoms with Gasteiger partial charge in [0.2, 0.25) is 11.9 Å². The van der Waals surface area contributed by atoms with Crippen molar-refractivity contribution in [2.45, 2.75) is 65.4 Å². The van der Waals surface area contributed by atoms with E-state index in [0.29, 0.717) is 56.8 Å². The molecule has 1 fully saturated rings. The van der Waals surface area contributed by atoms with Crippen molar-refractivity contribution in [3.8, 4) is 5.75 Å². The van der Waals surface area contributed by atoms with Gasteiger partial charge in [0.1, 0.15) is 11.4 Å². The Hall–Kier alpha value is -2.96. The standard InChI is InChI=1S/C25H32N4O3/c1-16-7-8-20-21(30)15-25(32-23(20)19(16)4)9-12-29(13-10-25)22(31)6-5-11-26-24-27-17(2)14-18(3)28-24/h7-8,14H,5-6,9-13,15H2,1-4H3,(H,26,27,28). The van der Waals surface area contributed by atoms with E-state index in [1.54, 1.807) is 0 Å². The maximum Gasteiger partial charge on any atom is 0.223 e. The molecule has 0 bridgehead atoms. The van der Waals surface area contributed by atoms with Gasteiger partial charge in [-0.05, 0) is 57.4 Å². The number of ether oxygens (including phenoxy) is 1. The van der Waals surface area contributed by atoms with Crippen molar-refractivity contribution in [3.63, 3.8) is 0 Å². The summed E-state index contributed by atoms with van der Waals surface area (Å²) in [5.41, 5.74) is 4.22. The van der Waals surface area contributed by atoms with Gasteiger partial charge in [-0.3, -0.25) is 9.59 Å². The highest BCUT2D eigenvalue weighted by Gasteiger charge is 2.44. The lowest BCUT2D eigenvalue weighted by Crippen LogP contribution is -2.52. The summed E-state index contributed by atoms with van der Waals surface area (Å²) in [5, 5.41) is 3.20. The molecule has 2 aromatic rings. The minimum Gasteiger partial charge on any atom is -0.486 e. The Bertz CT molecular complexity index is 1020. The van der Waals surface area contributed by atoms with Crippen LogP contribution in [0.15, 0.2) is 18.2 Å². The van der Waals surface area contributed by atoms with Gasteiger partial charge in [0, 0.05) is 50.3 Å². The molecule has 1 saturated heterocycles. The summed E-state index contributed by atoms with van der Waals surface area (Å²) in [4.78, 5) is 36.1. The third-order valence-corrected chi connectivity index (χ3v) is 6.64. The number of aryl methyl sites for hydroxylation is 3. The number of hydrogen-bond acceptors (Lipinski definition) is 6. The number of carbonyl (C=O) groups is 2. The van der Waals surface area contributed by atoms with Gasteiger partial charge in [0.05, 0.1) is 12.0 Å². The van der Waals surface area contributed by atoms with Crippen LogP contribution in [-0.2, 0) is 4.79 Å². The summed E-state index contributed by atoms with van der Waals surface area (Å²) in [7, 11) is 0. The van der Waals surface area contributed by atoms with E-state index in [2.05, 4.69) is 15.3 Å². The number of Topliss-reactive ketones (excluding diaryl/α,β-unsaturated/α-hetero) is 1. The number of nitrogens with one attached hydrogen (secondary N) is 1. The number of amides is 1. The lowest BCUT2D eigenvalue weighted by molar-refractivity contribution is -0.134. The van der Waals surface area contributed by atoms with E-state index in [1.807, 2.05) is 50.8 Å². The van der Waals surface area contributed by atoms with Crippen LogP contribution in [0.1, 0.15) is 65.0 Å². The molecule has 1 N–H and O–H groups in total. The van der Waals surface area contributed by atoms with Crippen LogP contribution in [0.4, 0.5) is 5.95 Å². The van der Waals surface area contributed by atoms with E-state index in [0.717, 1.165) is 34.7 Å². The number of rotatable bonds is 5. The lowest BCUT2D eigenvalue weighted by Gasteiger charge is -2.44. The normalized spacial score (nSPS) is 17.1. The molecule has 7 nitrogen and oxygen atoms in total. The van der Waals surface area contributed by atoms with Crippen LogP contribution in [0, 0.1) is 27.7 Å². The third-order valence-electron chi connectivity index (χ3n) is 6.64. The monoisotopic (exact) mass is 436 g/mol. The molecule has 170 valence electrons. The van der Waals surface area contributed by atoms with Crippen LogP contribution in [0.3, 0.4) is 0 Å². The Morgan fingerprint density at radius 1 is 1.12 bits per heavy atom. The molecule has 1 aromatic carbocycles. The maximum absolute atomic E-state index is 12.8. The van der Waals surface area contributed by atoms with Crippen molar-refractivity contribution in [2.24, 2.45) is 0 Å². The minimum atomic E-state index is -0.485. The number of nitrogens with zero attached hydrogens (tertiary/aromatic N) is 3. The smallest absolute Gasteiger partial charge is 0.223 e. The van der Waals surface area contributed by atoms with Crippen molar-refractivity contribution in [3.05, 3.63) is 46.3 Å². The second-order valence-electron chi connectivity index (χ2n) is 9.15. The molecule has 2 aliphatic rings. The highest BCUT2D eigenvalue weighted by Crippen LogP contribution is 2.41. The molecular weight excluding hydrogens is 404 g/mol. The van der Waals surface area contributed by atoms with Gasteiger partial charge in [0.25, 0.3) is 0 Å². The van der Waals surface area contributed by atoms with E-state index in [1.165, 1.54) is 0 Å². The summed E-state index contributed by atoms with van der Waals surface area (Å²) in [6.45, 7) is 9.83. The topological polar surface area (TPSA) is 84.4 Å². The SMILES string of the molecule is Cc1cc(C)nc(NCCCC(=O)N2CCC3(CC2)CC(=O)c2ccc(C)c(C)c2O3)n1. The summed E-state index contributed by atoms with van der Waals surface area (Å²) < 4.78 is 6.45. The van der Waals surface area contributed by atoms with Crippen molar-refractivity contribution in [1.29, 1.82) is 0 Å². The van der Waals surface area contributed by atoms with E-state index in [4.69, 9.17) is 4.74 Å². The summed E-state index contributed by atoms with van der Waals surface area (Å²) in [6, 6.07) is 5.79. The highest BCUT2D eigenvalue weighted by atomic mass is 16.5. The first kappa shape index (κ1) is 22.2. The van der Waals surface area contributed by atoms with Crippen LogP contribution in [0.25, 0.3) is 0 Å². The fourth-order valence-electron chi connectivity index (χ4n) is 4.63. The second kappa shape index (κ2) is 8.88. The molecule has 4 rings (SSSR count). The molecule has 0 saturated carbocycles. The van der Waals surface area contributed by atoms with Crippen LogP contribution in [0.2, 0.25) is 0 Å². The van der Waals surface area contributed by atoms with Gasteiger partial charge in [-0.15, -0.1) is 0 Å². The van der Waals surface area contributed by atoms with E-state index < -0.39 is 5.60 Å². The molecule has 32 heavy (non-hydrogen) atoms. The fraction of sp³-hybridized carbons (Fsp3) is 0.520. The van der Waals surface area contributed by atoms with Crippen LogP contribution in [-0.4, -0.2) is 51.8 Å². The zero-order valence-electron chi connectivity index (χ0n) is 19.5. The maximum atomic E-state index is 12.8. The van der Waals surface area contributed by atoms with Crippen molar-refractivity contribution < 1.29 is 14.3 Å². The predicted molar refractivity (Wildman–Crippen MR) is 123 cm³/mol. The number of ketones is 1. The Morgan fingerprint density at radius 3 is 2.50 bits per heavy atom. The number of hydrogen-bond donors (Lipinski definition) is 1. The average molecular weight is 437 g/mol. The molecule has 2 aliphatic heterocycles. The Morgan fingerprint density at radius 2 is 1.81 bits per heavy atom. The summed E-state index contributed by atoms with van der Waals surface area (Å²) in [6.07, 6.45) is 2.96. The molecule has 1 aromatic heterocycles. The molecule has 1 amide bonds. The number of likely N-dealkylation sites (tertiary alicyclic amines) is 1. The van der Waals surface area contributed by atoms with Gasteiger partial charge in [-0.2, -0.15) is 0 Å². The molecule has 0 unspecified atom stereocenters. The first-order chi connectivity index (χ1) is 15.3. The first-order valence-electron chi connectivity index (χ1n) is 11.4. The number of piperidine rings is 1. The molecule has 0 atom stereocenters. The Balaban J connectivity index is 1.28. The summed E-state index contributed by atoms with van der Waals surface area (Å²) in [5.74, 6) is 1.65. The molecule has 1 spiro atoms. The van der Waals surface area contributed by atoms with Crippen LogP contribution >= 0.6 is 0 Å². The predicted octanol–water partition coefficient (Wildman–Crippen LogP) is 3.93. The number of carbonyl (C=O) groups excluding carboxylic acids is 2. The number of benzene rings is 1. The molecule has 0 aliphatic carbocycles. The van der Waals surface area contributed by atoms with E-state index >= 15 is 0 Å². The largest absolute Gasteiger partial charge is 0.486 e. The van der Waals surface area contributed by atoms with Gasteiger partial charge >= 0.3 is 0 Å². The zero-order chi connectivity index (χ0) is 22.9. The molecular formula is C25H32N4O3.